The minimum atomic E-state index is -0.204. The van der Waals surface area contributed by atoms with Crippen LogP contribution < -0.4 is 5.32 Å². The number of hydrogen-bond acceptors (Lipinski definition) is 2. The lowest BCUT2D eigenvalue weighted by atomic mass is 9.83. The molecule has 0 bridgehead atoms. The van der Waals surface area contributed by atoms with Crippen molar-refractivity contribution in [1.29, 1.82) is 0 Å². The van der Waals surface area contributed by atoms with Crippen LogP contribution in [0.2, 0.25) is 5.02 Å². The van der Waals surface area contributed by atoms with E-state index in [1.165, 1.54) is 31.7 Å². The van der Waals surface area contributed by atoms with Gasteiger partial charge >= 0.3 is 0 Å². The van der Waals surface area contributed by atoms with Crippen LogP contribution in [0.4, 0.5) is 4.39 Å². The third kappa shape index (κ3) is 3.00. The Kier molecular flexibility index (Phi) is 5.05. The molecule has 0 aliphatic heterocycles. The van der Waals surface area contributed by atoms with E-state index in [4.69, 9.17) is 11.6 Å². The van der Waals surface area contributed by atoms with Gasteiger partial charge in [0, 0.05) is 16.6 Å². The van der Waals surface area contributed by atoms with Crippen LogP contribution in [0.1, 0.15) is 31.2 Å². The van der Waals surface area contributed by atoms with E-state index in [9.17, 15) is 4.39 Å². The lowest BCUT2D eigenvalue weighted by Crippen LogP contribution is -2.57. The molecule has 1 aliphatic carbocycles. The molecule has 0 amide bonds. The molecule has 0 saturated heterocycles. The Morgan fingerprint density at radius 2 is 2.00 bits per heavy atom. The van der Waals surface area contributed by atoms with E-state index < -0.39 is 0 Å². The van der Waals surface area contributed by atoms with E-state index in [1.807, 2.05) is 7.05 Å². The summed E-state index contributed by atoms with van der Waals surface area (Å²) in [6.07, 6.45) is 5.53. The van der Waals surface area contributed by atoms with Crippen molar-refractivity contribution in [3.63, 3.8) is 0 Å². The molecule has 0 spiro atoms. The molecule has 1 N–H and O–H groups in total. The smallest absolute Gasteiger partial charge is 0.127 e. The molecule has 1 unspecified atom stereocenters. The summed E-state index contributed by atoms with van der Waals surface area (Å²) in [4.78, 5) is 2.31. The molecule has 2 nitrogen and oxygen atoms in total. The summed E-state index contributed by atoms with van der Waals surface area (Å²) in [5.74, 6) is -0.204. The second kappa shape index (κ2) is 6.42. The Labute approximate surface area is 126 Å². The average molecular weight is 299 g/mol. The molecular weight excluding hydrogens is 275 g/mol. The van der Waals surface area contributed by atoms with Gasteiger partial charge in [0.15, 0.2) is 0 Å². The van der Waals surface area contributed by atoms with E-state index in [1.54, 1.807) is 12.1 Å². The lowest BCUT2D eigenvalue weighted by Gasteiger charge is -2.43. The molecule has 1 aromatic rings. The molecule has 20 heavy (non-hydrogen) atoms. The Balaban J connectivity index is 2.23. The maximum atomic E-state index is 14.0. The number of nitrogens with zero attached hydrogens (tertiary/aromatic N) is 1. The van der Waals surface area contributed by atoms with Crippen LogP contribution in [0.3, 0.4) is 0 Å². The molecule has 1 atom stereocenters. The van der Waals surface area contributed by atoms with Crippen LogP contribution in [0.5, 0.6) is 0 Å². The van der Waals surface area contributed by atoms with Gasteiger partial charge in [-0.15, -0.1) is 0 Å². The van der Waals surface area contributed by atoms with E-state index in [2.05, 4.69) is 24.3 Å². The standard InChI is InChI=1S/C16H24ClFN2/c1-19-15(16(20(2)3)8-4-5-9-16)10-12-6-7-13(17)11-14(12)18/h6-7,11,15,19H,4-5,8-10H2,1-3H3. The Bertz CT molecular complexity index is 456. The van der Waals surface area contributed by atoms with Crippen molar-refractivity contribution in [2.75, 3.05) is 21.1 Å². The first-order chi connectivity index (χ1) is 9.49. The highest BCUT2D eigenvalue weighted by Crippen LogP contribution is 2.38. The fraction of sp³-hybridized carbons (Fsp3) is 0.625. The molecule has 1 aliphatic rings. The molecule has 0 heterocycles. The summed E-state index contributed by atoms with van der Waals surface area (Å²) < 4.78 is 14.0. The highest BCUT2D eigenvalue weighted by molar-refractivity contribution is 6.30. The van der Waals surface area contributed by atoms with E-state index in [0.29, 0.717) is 11.4 Å². The predicted octanol–water partition coefficient (Wildman–Crippen LogP) is 3.48. The zero-order valence-electron chi connectivity index (χ0n) is 12.5. The molecule has 1 fully saturated rings. The number of rotatable bonds is 5. The maximum absolute atomic E-state index is 14.0. The quantitative estimate of drug-likeness (QED) is 0.895. The van der Waals surface area contributed by atoms with E-state index >= 15 is 0 Å². The molecule has 1 aromatic carbocycles. The Hall–Kier alpha value is -0.640. The van der Waals surface area contributed by atoms with Gasteiger partial charge in [-0.05, 0) is 58.1 Å². The second-order valence-electron chi connectivity index (χ2n) is 5.99. The first-order valence-corrected chi connectivity index (χ1v) is 7.66. The molecule has 1 saturated carbocycles. The zero-order valence-corrected chi connectivity index (χ0v) is 13.3. The Morgan fingerprint density at radius 3 is 2.50 bits per heavy atom. The fourth-order valence-corrected chi connectivity index (χ4v) is 3.72. The SMILES string of the molecule is CNC(Cc1ccc(Cl)cc1F)C1(N(C)C)CCCC1. The van der Waals surface area contributed by atoms with E-state index in [-0.39, 0.29) is 17.4 Å². The Morgan fingerprint density at radius 1 is 1.35 bits per heavy atom. The minimum Gasteiger partial charge on any atom is -0.315 e. The average Bonchev–Trinajstić information content (AvgIpc) is 2.88. The van der Waals surface area contributed by atoms with Crippen LogP contribution in [-0.2, 0) is 6.42 Å². The highest BCUT2D eigenvalue weighted by Gasteiger charge is 2.42. The number of halogens is 2. The molecule has 0 aromatic heterocycles. The van der Waals surface area contributed by atoms with Crippen molar-refractivity contribution >= 4 is 11.6 Å². The van der Waals surface area contributed by atoms with Crippen LogP contribution in [0, 0.1) is 5.82 Å². The normalized spacial score (nSPS) is 19.5. The molecule has 2 rings (SSSR count). The number of likely N-dealkylation sites (N-methyl/N-ethyl adjacent to an activating group) is 2. The van der Waals surface area contributed by atoms with Crippen molar-refractivity contribution < 1.29 is 4.39 Å². The maximum Gasteiger partial charge on any atom is 0.127 e. The van der Waals surface area contributed by atoms with Gasteiger partial charge in [0.05, 0.1) is 0 Å². The monoisotopic (exact) mass is 298 g/mol. The molecular formula is C16H24ClFN2. The summed E-state index contributed by atoms with van der Waals surface area (Å²) in [5.41, 5.74) is 0.864. The summed E-state index contributed by atoms with van der Waals surface area (Å²) in [6.45, 7) is 0. The van der Waals surface area contributed by atoms with Crippen LogP contribution >= 0.6 is 11.6 Å². The fourth-order valence-electron chi connectivity index (χ4n) is 3.56. The van der Waals surface area contributed by atoms with Gasteiger partial charge in [-0.25, -0.2) is 4.39 Å². The number of nitrogens with one attached hydrogen (secondary N) is 1. The molecule has 4 heteroatoms. The van der Waals surface area contributed by atoms with Gasteiger partial charge < -0.3 is 10.2 Å². The van der Waals surface area contributed by atoms with Crippen molar-refractivity contribution in [3.8, 4) is 0 Å². The van der Waals surface area contributed by atoms with Gasteiger partial charge in [-0.1, -0.05) is 30.5 Å². The lowest BCUT2D eigenvalue weighted by molar-refractivity contribution is 0.108. The summed E-state index contributed by atoms with van der Waals surface area (Å²) in [7, 11) is 6.24. The summed E-state index contributed by atoms with van der Waals surface area (Å²) in [5, 5.41) is 3.87. The van der Waals surface area contributed by atoms with Crippen LogP contribution in [0.25, 0.3) is 0 Å². The third-order valence-electron chi connectivity index (χ3n) is 4.80. The van der Waals surface area contributed by atoms with Gasteiger partial charge in [-0.2, -0.15) is 0 Å². The van der Waals surface area contributed by atoms with Gasteiger partial charge in [0.1, 0.15) is 5.82 Å². The van der Waals surface area contributed by atoms with Crippen molar-refractivity contribution in [3.05, 3.63) is 34.6 Å². The predicted molar refractivity (Wildman–Crippen MR) is 82.8 cm³/mol. The topological polar surface area (TPSA) is 15.3 Å². The zero-order chi connectivity index (χ0) is 14.8. The third-order valence-corrected chi connectivity index (χ3v) is 5.03. The van der Waals surface area contributed by atoms with Gasteiger partial charge in [0.2, 0.25) is 0 Å². The van der Waals surface area contributed by atoms with Crippen molar-refractivity contribution in [1.82, 2.24) is 10.2 Å². The largest absolute Gasteiger partial charge is 0.315 e. The second-order valence-corrected chi connectivity index (χ2v) is 6.42. The minimum absolute atomic E-state index is 0.126. The first-order valence-electron chi connectivity index (χ1n) is 7.28. The molecule has 0 radical (unpaired) electrons. The summed E-state index contributed by atoms with van der Waals surface area (Å²) >= 11 is 5.83. The van der Waals surface area contributed by atoms with Crippen molar-refractivity contribution in [2.45, 2.75) is 43.7 Å². The summed E-state index contributed by atoms with van der Waals surface area (Å²) in [6, 6.07) is 5.22. The highest BCUT2D eigenvalue weighted by atomic mass is 35.5. The number of hydrogen-bond donors (Lipinski definition) is 1. The van der Waals surface area contributed by atoms with Crippen LogP contribution in [0.15, 0.2) is 18.2 Å². The van der Waals surface area contributed by atoms with Crippen LogP contribution in [-0.4, -0.2) is 37.6 Å². The molecule has 112 valence electrons. The van der Waals surface area contributed by atoms with Crippen molar-refractivity contribution in [2.24, 2.45) is 0 Å². The van der Waals surface area contributed by atoms with E-state index in [0.717, 1.165) is 5.56 Å². The number of benzene rings is 1. The first kappa shape index (κ1) is 15.7. The van der Waals surface area contributed by atoms with Gasteiger partial charge in [0.25, 0.3) is 0 Å². The van der Waals surface area contributed by atoms with Gasteiger partial charge in [-0.3, -0.25) is 0 Å².